The number of hydrogen-bond donors (Lipinski definition) is 3. The van der Waals surface area contributed by atoms with Gasteiger partial charge in [0.1, 0.15) is 0 Å². The van der Waals surface area contributed by atoms with Crippen molar-refractivity contribution in [3.05, 3.63) is 63.6 Å². The fourth-order valence-corrected chi connectivity index (χ4v) is 2.49. The van der Waals surface area contributed by atoms with E-state index in [-0.39, 0.29) is 6.04 Å². The zero-order chi connectivity index (χ0) is 13.8. The van der Waals surface area contributed by atoms with Crippen LogP contribution in [0.15, 0.2) is 46.9 Å². The number of nitrogens with one attached hydrogen (secondary N) is 1. The molecule has 0 bridgehead atoms. The summed E-state index contributed by atoms with van der Waals surface area (Å²) in [6.07, 6.45) is 1.03. The van der Waals surface area contributed by atoms with Crippen LogP contribution in [-0.4, -0.2) is 0 Å². The van der Waals surface area contributed by atoms with Gasteiger partial charge in [-0.3, -0.25) is 5.84 Å². The number of anilines is 1. The molecule has 0 saturated carbocycles. The fraction of sp³-hybridized carbons (Fsp3) is 0.200. The Morgan fingerprint density at radius 3 is 2.42 bits per heavy atom. The number of hydrogen-bond acceptors (Lipinski definition) is 3. The van der Waals surface area contributed by atoms with E-state index in [0.717, 1.165) is 27.7 Å². The van der Waals surface area contributed by atoms with E-state index >= 15 is 0 Å². The molecule has 5 N–H and O–H groups in total. The lowest BCUT2D eigenvalue weighted by Crippen LogP contribution is -2.29. The minimum Gasteiger partial charge on any atom is -0.398 e. The minimum atomic E-state index is -0.108. The van der Waals surface area contributed by atoms with Gasteiger partial charge in [0.25, 0.3) is 0 Å². The van der Waals surface area contributed by atoms with Crippen LogP contribution in [0.25, 0.3) is 0 Å². The zero-order valence-electron chi connectivity index (χ0n) is 10.9. The molecule has 1 unspecified atom stereocenters. The number of hydrazine groups is 1. The third-order valence-corrected chi connectivity index (χ3v) is 3.74. The van der Waals surface area contributed by atoms with E-state index in [4.69, 9.17) is 11.6 Å². The smallest absolute Gasteiger partial charge is 0.0730 e. The van der Waals surface area contributed by atoms with Crippen LogP contribution < -0.4 is 17.0 Å². The van der Waals surface area contributed by atoms with E-state index in [0.29, 0.717) is 0 Å². The number of halogens is 1. The molecule has 2 rings (SSSR count). The third kappa shape index (κ3) is 3.15. The molecular weight excluding hydrogens is 302 g/mol. The molecule has 100 valence electrons. The molecule has 0 aliphatic rings. The molecule has 2 aromatic rings. The molecule has 0 aliphatic carbocycles. The Morgan fingerprint density at radius 1 is 1.16 bits per heavy atom. The standard InChI is InChI=1S/C15H18BrN3/c1-2-10-3-5-11(6-4-10)15(19-18)13-9-12(16)7-8-14(13)17/h3-9,15,19H,2,17-18H2,1H3. The van der Waals surface area contributed by atoms with Gasteiger partial charge < -0.3 is 5.73 Å². The largest absolute Gasteiger partial charge is 0.398 e. The molecule has 0 amide bonds. The topological polar surface area (TPSA) is 64.1 Å². The minimum absolute atomic E-state index is 0.108. The predicted molar refractivity (Wildman–Crippen MR) is 83.5 cm³/mol. The summed E-state index contributed by atoms with van der Waals surface area (Å²) in [5.74, 6) is 5.71. The van der Waals surface area contributed by atoms with Crippen molar-refractivity contribution in [2.24, 2.45) is 5.84 Å². The number of nitrogen functional groups attached to an aromatic ring is 1. The lowest BCUT2D eigenvalue weighted by atomic mass is 9.96. The number of rotatable bonds is 4. The lowest BCUT2D eigenvalue weighted by molar-refractivity contribution is 0.638. The Kier molecular flexibility index (Phi) is 4.58. The van der Waals surface area contributed by atoms with E-state index in [9.17, 15) is 0 Å². The van der Waals surface area contributed by atoms with Crippen LogP contribution in [0.5, 0.6) is 0 Å². The molecule has 0 heterocycles. The predicted octanol–water partition coefficient (Wildman–Crippen LogP) is 3.15. The van der Waals surface area contributed by atoms with Crippen molar-refractivity contribution in [3.8, 4) is 0 Å². The second-order valence-electron chi connectivity index (χ2n) is 4.47. The van der Waals surface area contributed by atoms with Crippen molar-refractivity contribution in [2.75, 3.05) is 5.73 Å². The van der Waals surface area contributed by atoms with Crippen LogP contribution in [0.4, 0.5) is 5.69 Å². The SMILES string of the molecule is CCc1ccc(C(NN)c2cc(Br)ccc2N)cc1. The monoisotopic (exact) mass is 319 g/mol. The summed E-state index contributed by atoms with van der Waals surface area (Å²) < 4.78 is 0.988. The quantitative estimate of drug-likeness (QED) is 0.461. The van der Waals surface area contributed by atoms with Crippen molar-refractivity contribution >= 4 is 21.6 Å². The van der Waals surface area contributed by atoms with Crippen molar-refractivity contribution in [1.29, 1.82) is 0 Å². The van der Waals surface area contributed by atoms with Crippen LogP contribution >= 0.6 is 15.9 Å². The second-order valence-corrected chi connectivity index (χ2v) is 5.38. The first-order chi connectivity index (χ1) is 9.15. The molecule has 0 aliphatic heterocycles. The summed E-state index contributed by atoms with van der Waals surface area (Å²) in [7, 11) is 0. The highest BCUT2D eigenvalue weighted by Gasteiger charge is 2.15. The van der Waals surface area contributed by atoms with Gasteiger partial charge in [-0.2, -0.15) is 0 Å². The zero-order valence-corrected chi connectivity index (χ0v) is 12.4. The summed E-state index contributed by atoms with van der Waals surface area (Å²) in [5, 5.41) is 0. The molecule has 2 aromatic carbocycles. The second kappa shape index (κ2) is 6.19. The summed E-state index contributed by atoms with van der Waals surface area (Å²) in [6.45, 7) is 2.14. The lowest BCUT2D eigenvalue weighted by Gasteiger charge is -2.19. The van der Waals surface area contributed by atoms with Gasteiger partial charge in [-0.25, -0.2) is 5.43 Å². The normalized spacial score (nSPS) is 12.4. The third-order valence-electron chi connectivity index (χ3n) is 3.25. The van der Waals surface area contributed by atoms with Gasteiger partial charge in [0.15, 0.2) is 0 Å². The molecule has 4 heteroatoms. The molecule has 0 aromatic heterocycles. The van der Waals surface area contributed by atoms with Crippen molar-refractivity contribution in [1.82, 2.24) is 5.43 Å². The van der Waals surface area contributed by atoms with Gasteiger partial charge in [-0.05, 0) is 41.3 Å². The maximum atomic E-state index is 6.04. The van der Waals surface area contributed by atoms with Gasteiger partial charge >= 0.3 is 0 Å². The molecule has 1 atom stereocenters. The van der Waals surface area contributed by atoms with E-state index in [1.807, 2.05) is 18.2 Å². The van der Waals surface area contributed by atoms with Gasteiger partial charge in [-0.1, -0.05) is 47.1 Å². The summed E-state index contributed by atoms with van der Waals surface area (Å²) >= 11 is 3.47. The van der Waals surface area contributed by atoms with Crippen LogP contribution in [0, 0.1) is 0 Å². The average Bonchev–Trinajstić information content (AvgIpc) is 2.44. The molecule has 0 radical (unpaired) electrons. The highest BCUT2D eigenvalue weighted by molar-refractivity contribution is 9.10. The summed E-state index contributed by atoms with van der Waals surface area (Å²) in [6, 6.07) is 14.1. The summed E-state index contributed by atoms with van der Waals surface area (Å²) in [5.41, 5.74) is 13.0. The Balaban J connectivity index is 2.40. The van der Waals surface area contributed by atoms with Gasteiger partial charge in [0, 0.05) is 10.2 Å². The molecule has 0 spiro atoms. The van der Waals surface area contributed by atoms with Crippen LogP contribution in [-0.2, 0) is 6.42 Å². The Morgan fingerprint density at radius 2 is 1.84 bits per heavy atom. The Hall–Kier alpha value is -1.36. The van der Waals surface area contributed by atoms with Crippen molar-refractivity contribution in [3.63, 3.8) is 0 Å². The van der Waals surface area contributed by atoms with Crippen LogP contribution in [0.1, 0.15) is 29.7 Å². The van der Waals surface area contributed by atoms with Gasteiger partial charge in [0.05, 0.1) is 6.04 Å². The first kappa shape index (κ1) is 14.1. The maximum Gasteiger partial charge on any atom is 0.0730 e. The summed E-state index contributed by atoms with van der Waals surface area (Å²) in [4.78, 5) is 0. The molecular formula is C15H18BrN3. The number of nitrogens with two attached hydrogens (primary N) is 2. The Labute approximate surface area is 122 Å². The first-order valence-electron chi connectivity index (χ1n) is 6.25. The number of aryl methyl sites for hydroxylation is 1. The highest BCUT2D eigenvalue weighted by Crippen LogP contribution is 2.29. The molecule has 19 heavy (non-hydrogen) atoms. The van der Waals surface area contributed by atoms with E-state index in [1.165, 1.54) is 5.56 Å². The van der Waals surface area contributed by atoms with Crippen LogP contribution in [0.3, 0.4) is 0 Å². The van der Waals surface area contributed by atoms with Crippen LogP contribution in [0.2, 0.25) is 0 Å². The van der Waals surface area contributed by atoms with E-state index in [1.54, 1.807) is 0 Å². The van der Waals surface area contributed by atoms with Crippen molar-refractivity contribution < 1.29 is 0 Å². The van der Waals surface area contributed by atoms with E-state index < -0.39 is 0 Å². The number of benzene rings is 2. The van der Waals surface area contributed by atoms with Gasteiger partial charge in [0.2, 0.25) is 0 Å². The molecule has 0 fully saturated rings. The maximum absolute atomic E-state index is 6.04. The molecule has 0 saturated heterocycles. The average molecular weight is 320 g/mol. The fourth-order valence-electron chi connectivity index (χ4n) is 2.11. The van der Waals surface area contributed by atoms with Crippen molar-refractivity contribution in [2.45, 2.75) is 19.4 Å². The first-order valence-corrected chi connectivity index (χ1v) is 7.05. The highest BCUT2D eigenvalue weighted by atomic mass is 79.9. The van der Waals surface area contributed by atoms with E-state index in [2.05, 4.69) is 52.5 Å². The Bertz CT molecular complexity index is 552. The molecule has 3 nitrogen and oxygen atoms in total. The van der Waals surface area contributed by atoms with Gasteiger partial charge in [-0.15, -0.1) is 0 Å².